The Morgan fingerprint density at radius 1 is 1.09 bits per heavy atom. The van der Waals surface area contributed by atoms with Crippen LogP contribution in [-0.4, -0.2) is 38.3 Å². The maximum atomic E-state index is 12.6. The first-order valence-electron chi connectivity index (χ1n) is 9.94. The molecule has 0 saturated carbocycles. The second-order valence-corrected chi connectivity index (χ2v) is 8.40. The van der Waals surface area contributed by atoms with E-state index in [1.165, 1.54) is 11.8 Å². The topological polar surface area (TPSA) is 74.0 Å². The fourth-order valence-corrected chi connectivity index (χ4v) is 4.10. The number of benzene rings is 2. The average molecular weight is 468 g/mol. The van der Waals surface area contributed by atoms with Crippen molar-refractivity contribution in [3.63, 3.8) is 0 Å². The zero-order chi connectivity index (χ0) is 22.5. The summed E-state index contributed by atoms with van der Waals surface area (Å²) in [4.78, 5) is 12.6. The molecule has 0 spiro atoms. The molecule has 1 N–H and O–H groups in total. The van der Waals surface area contributed by atoms with Gasteiger partial charge in [-0.15, -0.1) is 10.2 Å². The number of rotatable bonds is 8. The minimum atomic E-state index is -0.140. The maximum absolute atomic E-state index is 12.6. The summed E-state index contributed by atoms with van der Waals surface area (Å²) in [7, 11) is 1.64. The van der Waals surface area contributed by atoms with E-state index in [-0.39, 0.29) is 11.7 Å². The molecule has 0 aliphatic heterocycles. The number of halogens is 1. The van der Waals surface area contributed by atoms with Gasteiger partial charge >= 0.3 is 0 Å². The summed E-state index contributed by atoms with van der Waals surface area (Å²) in [5.41, 5.74) is 2.62. The highest BCUT2D eigenvalue weighted by molar-refractivity contribution is 7.99. The third-order valence-electron chi connectivity index (χ3n) is 4.89. The number of nitrogens with one attached hydrogen (secondary N) is 1. The van der Waals surface area contributed by atoms with E-state index in [1.807, 2.05) is 77.2 Å². The number of ether oxygens (including phenoxy) is 1. The van der Waals surface area contributed by atoms with Crippen LogP contribution in [0.4, 0.5) is 5.69 Å². The lowest BCUT2D eigenvalue weighted by Gasteiger charge is -2.12. The predicted molar refractivity (Wildman–Crippen MR) is 127 cm³/mol. The largest absolute Gasteiger partial charge is 0.497 e. The minimum absolute atomic E-state index is 0.140. The lowest BCUT2D eigenvalue weighted by atomic mass is 10.1. The van der Waals surface area contributed by atoms with Gasteiger partial charge < -0.3 is 10.1 Å². The molecule has 7 nitrogen and oxygen atoms in total. The SMILES string of the molecule is COc1ccc(Cc2nnc(SCC(=O)Nc3cccc(Cl)c3C)n2-n2cccc2)cc1. The summed E-state index contributed by atoms with van der Waals surface area (Å²) in [6, 6.07) is 17.1. The van der Waals surface area contributed by atoms with Crippen molar-refractivity contribution in [2.75, 3.05) is 18.2 Å². The van der Waals surface area contributed by atoms with Crippen LogP contribution in [0.15, 0.2) is 72.1 Å². The number of aromatic nitrogens is 4. The van der Waals surface area contributed by atoms with Crippen molar-refractivity contribution in [3.8, 4) is 5.75 Å². The number of hydrogen-bond donors (Lipinski definition) is 1. The van der Waals surface area contributed by atoms with E-state index in [2.05, 4.69) is 15.5 Å². The van der Waals surface area contributed by atoms with Crippen LogP contribution in [0.2, 0.25) is 5.02 Å². The van der Waals surface area contributed by atoms with Crippen LogP contribution >= 0.6 is 23.4 Å². The molecule has 0 atom stereocenters. The second-order valence-electron chi connectivity index (χ2n) is 7.05. The lowest BCUT2D eigenvalue weighted by molar-refractivity contribution is -0.113. The van der Waals surface area contributed by atoms with Crippen molar-refractivity contribution in [1.82, 2.24) is 19.5 Å². The Morgan fingerprint density at radius 3 is 2.56 bits per heavy atom. The third-order valence-corrected chi connectivity index (χ3v) is 6.22. The molecule has 4 aromatic rings. The first-order valence-corrected chi connectivity index (χ1v) is 11.3. The van der Waals surface area contributed by atoms with Crippen molar-refractivity contribution in [2.45, 2.75) is 18.5 Å². The van der Waals surface area contributed by atoms with Crippen LogP contribution in [0.5, 0.6) is 5.75 Å². The van der Waals surface area contributed by atoms with Gasteiger partial charge in [0.05, 0.1) is 12.9 Å². The second kappa shape index (κ2) is 9.93. The van der Waals surface area contributed by atoms with Gasteiger partial charge in [-0.05, 0) is 54.4 Å². The molecule has 2 aromatic heterocycles. The number of amides is 1. The molecule has 0 aliphatic carbocycles. The number of hydrogen-bond acceptors (Lipinski definition) is 5. The Morgan fingerprint density at radius 2 is 1.84 bits per heavy atom. The molecule has 2 aromatic carbocycles. The normalized spacial score (nSPS) is 10.8. The predicted octanol–water partition coefficient (Wildman–Crippen LogP) is 4.68. The van der Waals surface area contributed by atoms with Crippen LogP contribution < -0.4 is 10.1 Å². The molecular weight excluding hydrogens is 446 g/mol. The summed E-state index contributed by atoms with van der Waals surface area (Å²) in [5.74, 6) is 1.62. The first kappa shape index (κ1) is 22.0. The quantitative estimate of drug-likeness (QED) is 0.381. The summed E-state index contributed by atoms with van der Waals surface area (Å²) in [6.07, 6.45) is 4.42. The van der Waals surface area contributed by atoms with E-state index in [4.69, 9.17) is 16.3 Å². The molecule has 0 fully saturated rings. The van der Waals surface area contributed by atoms with Crippen molar-refractivity contribution in [3.05, 3.63) is 89.0 Å². The number of anilines is 1. The average Bonchev–Trinajstić information content (AvgIpc) is 3.46. The third kappa shape index (κ3) is 4.98. The summed E-state index contributed by atoms with van der Waals surface area (Å²) in [6.45, 7) is 1.87. The molecule has 0 aliphatic rings. The Kier molecular flexibility index (Phi) is 6.82. The number of carbonyl (C=O) groups excluding carboxylic acids is 1. The molecule has 32 heavy (non-hydrogen) atoms. The number of nitrogens with zero attached hydrogens (tertiary/aromatic N) is 4. The van der Waals surface area contributed by atoms with Gasteiger partial charge in [-0.1, -0.05) is 41.6 Å². The number of thioether (sulfide) groups is 1. The van der Waals surface area contributed by atoms with Crippen LogP contribution in [-0.2, 0) is 11.2 Å². The van der Waals surface area contributed by atoms with E-state index in [9.17, 15) is 4.79 Å². The summed E-state index contributed by atoms with van der Waals surface area (Å²) < 4.78 is 9.04. The standard InChI is InChI=1S/C23H22ClN5O2S/c1-16-19(24)6-5-7-20(16)25-22(30)15-32-23-27-26-21(29(23)28-12-3-4-13-28)14-17-8-10-18(31-2)11-9-17/h3-13H,14-15H2,1-2H3,(H,25,30). The van der Waals surface area contributed by atoms with Crippen LogP contribution in [0.3, 0.4) is 0 Å². The smallest absolute Gasteiger partial charge is 0.234 e. The van der Waals surface area contributed by atoms with E-state index in [0.29, 0.717) is 22.3 Å². The van der Waals surface area contributed by atoms with Gasteiger partial charge in [0.1, 0.15) is 5.75 Å². The van der Waals surface area contributed by atoms with E-state index < -0.39 is 0 Å². The van der Waals surface area contributed by atoms with Crippen LogP contribution in [0.25, 0.3) is 0 Å². The monoisotopic (exact) mass is 467 g/mol. The summed E-state index contributed by atoms with van der Waals surface area (Å²) in [5, 5.41) is 12.9. The van der Waals surface area contributed by atoms with Gasteiger partial charge in [0.2, 0.25) is 11.1 Å². The molecule has 4 rings (SSSR count). The van der Waals surface area contributed by atoms with E-state index >= 15 is 0 Å². The molecule has 0 radical (unpaired) electrons. The fraction of sp³-hybridized carbons (Fsp3) is 0.174. The van der Waals surface area contributed by atoms with Gasteiger partial charge in [0.25, 0.3) is 0 Å². The molecular formula is C23H22ClN5O2S. The zero-order valence-electron chi connectivity index (χ0n) is 17.7. The van der Waals surface area contributed by atoms with E-state index in [0.717, 1.165) is 22.7 Å². The molecule has 0 bridgehead atoms. The highest BCUT2D eigenvalue weighted by Crippen LogP contribution is 2.24. The Hall–Kier alpha value is -3.23. The minimum Gasteiger partial charge on any atom is -0.497 e. The van der Waals surface area contributed by atoms with E-state index in [1.54, 1.807) is 13.2 Å². The highest BCUT2D eigenvalue weighted by Gasteiger charge is 2.16. The maximum Gasteiger partial charge on any atom is 0.234 e. The number of methoxy groups -OCH3 is 1. The van der Waals surface area contributed by atoms with Crippen LogP contribution in [0, 0.1) is 6.92 Å². The fourth-order valence-electron chi connectivity index (χ4n) is 3.17. The highest BCUT2D eigenvalue weighted by atomic mass is 35.5. The molecule has 0 unspecified atom stereocenters. The van der Waals surface area contributed by atoms with Crippen molar-refractivity contribution >= 4 is 35.0 Å². The van der Waals surface area contributed by atoms with Crippen LogP contribution in [0.1, 0.15) is 17.0 Å². The van der Waals surface area contributed by atoms with Gasteiger partial charge in [0, 0.05) is 29.5 Å². The molecule has 9 heteroatoms. The van der Waals surface area contributed by atoms with Crippen molar-refractivity contribution in [2.24, 2.45) is 0 Å². The van der Waals surface area contributed by atoms with Gasteiger partial charge in [-0.25, -0.2) is 4.68 Å². The summed E-state index contributed by atoms with van der Waals surface area (Å²) >= 11 is 7.47. The first-order chi connectivity index (χ1) is 15.5. The molecule has 0 saturated heterocycles. The molecule has 1 amide bonds. The molecule has 164 valence electrons. The number of carbonyl (C=O) groups is 1. The van der Waals surface area contributed by atoms with Gasteiger partial charge in [-0.2, -0.15) is 0 Å². The van der Waals surface area contributed by atoms with Crippen molar-refractivity contribution < 1.29 is 9.53 Å². The van der Waals surface area contributed by atoms with Crippen molar-refractivity contribution in [1.29, 1.82) is 0 Å². The lowest BCUT2D eigenvalue weighted by Crippen LogP contribution is -2.17. The Balaban J connectivity index is 1.51. The Bertz CT molecular complexity index is 1210. The molecule has 2 heterocycles. The zero-order valence-corrected chi connectivity index (χ0v) is 19.2. The Labute approximate surface area is 195 Å². The van der Waals surface area contributed by atoms with Gasteiger partial charge in [0.15, 0.2) is 5.82 Å². The van der Waals surface area contributed by atoms with Gasteiger partial charge in [-0.3, -0.25) is 9.47 Å².